The first-order valence-corrected chi connectivity index (χ1v) is 8.12. The summed E-state index contributed by atoms with van der Waals surface area (Å²) < 4.78 is 1.80. The van der Waals surface area contributed by atoms with Crippen LogP contribution in [0.1, 0.15) is 23.6 Å². The van der Waals surface area contributed by atoms with E-state index in [1.807, 2.05) is 24.6 Å². The molecule has 0 aliphatic carbocycles. The molecule has 1 aliphatic rings. The van der Waals surface area contributed by atoms with Crippen molar-refractivity contribution in [1.29, 1.82) is 0 Å². The maximum atomic E-state index is 4.50. The lowest BCUT2D eigenvalue weighted by Crippen LogP contribution is -2.33. The van der Waals surface area contributed by atoms with Crippen molar-refractivity contribution in [1.82, 2.24) is 19.7 Å². The molecule has 1 fully saturated rings. The second-order valence-electron chi connectivity index (χ2n) is 5.48. The van der Waals surface area contributed by atoms with Crippen LogP contribution in [0.15, 0.2) is 30.0 Å². The van der Waals surface area contributed by atoms with Gasteiger partial charge in [-0.3, -0.25) is 4.68 Å². The van der Waals surface area contributed by atoms with Gasteiger partial charge in [0.05, 0.1) is 11.6 Å². The maximum Gasteiger partial charge on any atom is 0.163 e. The lowest BCUT2D eigenvalue weighted by molar-refractivity contribution is 0.509. The molecule has 0 bridgehead atoms. The Balaban J connectivity index is 1.58. The number of fused-ring (bicyclic) bond motifs is 1. The monoisotopic (exact) mass is 299 g/mol. The van der Waals surface area contributed by atoms with Gasteiger partial charge in [-0.2, -0.15) is 5.10 Å². The molecule has 1 saturated heterocycles. The molecule has 5 nitrogen and oxygen atoms in total. The van der Waals surface area contributed by atoms with E-state index in [1.54, 1.807) is 11.0 Å². The Hall–Kier alpha value is -1.95. The number of hydrogen-bond donors (Lipinski definition) is 0. The van der Waals surface area contributed by atoms with E-state index in [1.165, 1.54) is 17.7 Å². The zero-order valence-electron chi connectivity index (χ0n) is 11.9. The molecule has 0 amide bonds. The van der Waals surface area contributed by atoms with Gasteiger partial charge in [0.15, 0.2) is 5.65 Å². The Labute approximate surface area is 127 Å². The lowest BCUT2D eigenvalue weighted by Gasteiger charge is -2.32. The number of nitrogens with zero attached hydrogens (tertiary/aromatic N) is 5. The van der Waals surface area contributed by atoms with Crippen molar-refractivity contribution < 1.29 is 0 Å². The molecule has 0 spiro atoms. The summed E-state index contributed by atoms with van der Waals surface area (Å²) in [5.74, 6) is 1.73. The highest BCUT2D eigenvalue weighted by molar-refractivity contribution is 7.10. The molecule has 3 aromatic rings. The van der Waals surface area contributed by atoms with E-state index < -0.39 is 0 Å². The largest absolute Gasteiger partial charge is 0.356 e. The van der Waals surface area contributed by atoms with E-state index in [0.29, 0.717) is 5.92 Å². The van der Waals surface area contributed by atoms with Crippen LogP contribution in [0.3, 0.4) is 0 Å². The average molecular weight is 299 g/mol. The van der Waals surface area contributed by atoms with Crippen LogP contribution in [-0.2, 0) is 7.05 Å². The first kappa shape index (κ1) is 12.8. The van der Waals surface area contributed by atoms with Gasteiger partial charge < -0.3 is 4.90 Å². The molecule has 108 valence electrons. The third-order valence-corrected chi connectivity index (χ3v) is 5.28. The summed E-state index contributed by atoms with van der Waals surface area (Å²) in [6.07, 6.45) is 5.89. The standard InChI is InChI=1S/C15H17N5S/c1-19-14-12(9-18-19)15(17-10-16-14)20-6-4-11(5-7-20)13-3-2-8-21-13/h2-3,8-11H,4-7H2,1H3. The van der Waals surface area contributed by atoms with Gasteiger partial charge in [0.25, 0.3) is 0 Å². The Bertz CT molecular complexity index is 741. The first-order valence-electron chi connectivity index (χ1n) is 7.24. The van der Waals surface area contributed by atoms with Crippen LogP contribution >= 0.6 is 11.3 Å². The Morgan fingerprint density at radius 1 is 1.24 bits per heavy atom. The number of rotatable bonds is 2. The Morgan fingerprint density at radius 3 is 2.86 bits per heavy atom. The number of thiophene rings is 1. The summed E-state index contributed by atoms with van der Waals surface area (Å²) >= 11 is 1.87. The molecule has 0 N–H and O–H groups in total. The average Bonchev–Trinajstić information content (AvgIpc) is 3.18. The van der Waals surface area contributed by atoms with Crippen LogP contribution in [0, 0.1) is 0 Å². The molecule has 0 radical (unpaired) electrons. The van der Waals surface area contributed by atoms with Crippen molar-refractivity contribution in [3.63, 3.8) is 0 Å². The van der Waals surface area contributed by atoms with Gasteiger partial charge in [-0.05, 0) is 30.2 Å². The van der Waals surface area contributed by atoms with Gasteiger partial charge in [-0.25, -0.2) is 9.97 Å². The molecule has 6 heteroatoms. The van der Waals surface area contributed by atoms with E-state index in [2.05, 4.69) is 37.5 Å². The molecular weight excluding hydrogens is 282 g/mol. The third-order valence-electron chi connectivity index (χ3n) is 4.25. The van der Waals surface area contributed by atoms with Crippen LogP contribution < -0.4 is 4.90 Å². The lowest BCUT2D eigenvalue weighted by atomic mass is 9.95. The first-order chi connectivity index (χ1) is 10.3. The Morgan fingerprint density at radius 2 is 2.10 bits per heavy atom. The molecule has 4 heterocycles. The summed E-state index contributed by atoms with van der Waals surface area (Å²) in [7, 11) is 1.92. The molecule has 0 aromatic carbocycles. The number of aromatic nitrogens is 4. The SMILES string of the molecule is Cn1ncc2c(N3CCC(c4cccs4)CC3)ncnc21. The van der Waals surface area contributed by atoms with Crippen molar-refractivity contribution in [2.75, 3.05) is 18.0 Å². The van der Waals surface area contributed by atoms with E-state index >= 15 is 0 Å². The summed E-state index contributed by atoms with van der Waals surface area (Å²) in [6.45, 7) is 2.09. The van der Waals surface area contributed by atoms with Gasteiger partial charge in [0.1, 0.15) is 12.1 Å². The predicted molar refractivity (Wildman–Crippen MR) is 84.8 cm³/mol. The second kappa shape index (κ2) is 5.11. The zero-order valence-corrected chi connectivity index (χ0v) is 12.8. The van der Waals surface area contributed by atoms with Crippen LogP contribution in [0.2, 0.25) is 0 Å². The predicted octanol–water partition coefficient (Wildman–Crippen LogP) is 2.81. The quantitative estimate of drug-likeness (QED) is 0.730. The molecule has 21 heavy (non-hydrogen) atoms. The minimum Gasteiger partial charge on any atom is -0.356 e. The number of anilines is 1. The second-order valence-corrected chi connectivity index (χ2v) is 6.46. The summed E-state index contributed by atoms with van der Waals surface area (Å²) in [6, 6.07) is 4.41. The highest BCUT2D eigenvalue weighted by Gasteiger charge is 2.23. The molecule has 0 atom stereocenters. The smallest absolute Gasteiger partial charge is 0.163 e. The fourth-order valence-corrected chi connectivity index (χ4v) is 4.00. The molecule has 0 unspecified atom stereocenters. The normalized spacial score (nSPS) is 16.7. The molecular formula is C15H17N5S. The van der Waals surface area contributed by atoms with Gasteiger partial charge in [0, 0.05) is 25.0 Å². The summed E-state index contributed by atoms with van der Waals surface area (Å²) in [5.41, 5.74) is 0.903. The fraction of sp³-hybridized carbons (Fsp3) is 0.400. The Kier molecular flexibility index (Phi) is 3.11. The van der Waals surface area contributed by atoms with Gasteiger partial charge >= 0.3 is 0 Å². The molecule has 0 saturated carbocycles. The van der Waals surface area contributed by atoms with E-state index in [-0.39, 0.29) is 0 Å². The van der Waals surface area contributed by atoms with Crippen LogP contribution in [0.25, 0.3) is 11.0 Å². The topological polar surface area (TPSA) is 46.8 Å². The number of hydrogen-bond acceptors (Lipinski definition) is 5. The fourth-order valence-electron chi connectivity index (χ4n) is 3.10. The molecule has 4 rings (SSSR count). The highest BCUT2D eigenvalue weighted by atomic mass is 32.1. The van der Waals surface area contributed by atoms with Crippen molar-refractivity contribution in [2.45, 2.75) is 18.8 Å². The van der Waals surface area contributed by atoms with Crippen molar-refractivity contribution >= 4 is 28.2 Å². The van der Waals surface area contributed by atoms with Crippen molar-refractivity contribution in [3.8, 4) is 0 Å². The zero-order chi connectivity index (χ0) is 14.2. The van der Waals surface area contributed by atoms with Gasteiger partial charge in [-0.15, -0.1) is 11.3 Å². The minimum absolute atomic E-state index is 0.701. The molecule has 3 aromatic heterocycles. The van der Waals surface area contributed by atoms with Gasteiger partial charge in [0.2, 0.25) is 0 Å². The van der Waals surface area contributed by atoms with Crippen LogP contribution in [-0.4, -0.2) is 32.8 Å². The molecule has 1 aliphatic heterocycles. The van der Waals surface area contributed by atoms with Crippen molar-refractivity contribution in [2.24, 2.45) is 7.05 Å². The van der Waals surface area contributed by atoms with Gasteiger partial charge in [-0.1, -0.05) is 6.07 Å². The van der Waals surface area contributed by atoms with Crippen LogP contribution in [0.4, 0.5) is 5.82 Å². The van der Waals surface area contributed by atoms with Crippen molar-refractivity contribution in [3.05, 3.63) is 34.9 Å². The van der Waals surface area contributed by atoms with E-state index in [0.717, 1.165) is 29.9 Å². The minimum atomic E-state index is 0.701. The number of aryl methyl sites for hydroxylation is 1. The third kappa shape index (κ3) is 2.19. The number of piperidine rings is 1. The van der Waals surface area contributed by atoms with E-state index in [4.69, 9.17) is 0 Å². The summed E-state index contributed by atoms with van der Waals surface area (Å²) in [5, 5.41) is 7.52. The summed E-state index contributed by atoms with van der Waals surface area (Å²) in [4.78, 5) is 12.7. The van der Waals surface area contributed by atoms with E-state index in [9.17, 15) is 0 Å². The van der Waals surface area contributed by atoms with Crippen LogP contribution in [0.5, 0.6) is 0 Å². The highest BCUT2D eigenvalue weighted by Crippen LogP contribution is 2.33. The maximum absolute atomic E-state index is 4.50.